The van der Waals surface area contributed by atoms with Crippen LogP contribution in [-0.4, -0.2) is 64.2 Å². The van der Waals surface area contributed by atoms with Gasteiger partial charge in [0.2, 0.25) is 0 Å². The molecule has 2 bridgehead atoms. The van der Waals surface area contributed by atoms with Crippen molar-refractivity contribution in [3.05, 3.63) is 23.8 Å². The van der Waals surface area contributed by atoms with Crippen molar-refractivity contribution in [2.75, 3.05) is 6.26 Å². The van der Waals surface area contributed by atoms with E-state index in [1.807, 2.05) is 13.8 Å². The zero-order valence-electron chi connectivity index (χ0n) is 26.7. The highest BCUT2D eigenvalue weighted by Gasteiger charge is 2.81. The van der Waals surface area contributed by atoms with E-state index in [0.29, 0.717) is 18.8 Å². The molecule has 0 aromatic heterocycles. The Hall–Kier alpha value is -1.52. The maximum absolute atomic E-state index is 12.6. The van der Waals surface area contributed by atoms with E-state index in [9.17, 15) is 14.4 Å². The molecule has 3 aliphatic heterocycles. The average molecular weight is 615 g/mol. The van der Waals surface area contributed by atoms with Crippen LogP contribution < -0.4 is 0 Å². The molecule has 3 saturated carbocycles. The first-order valence-corrected chi connectivity index (χ1v) is 17.2. The minimum Gasteiger partial charge on any atom is -0.462 e. The molecule has 0 spiro atoms. The van der Waals surface area contributed by atoms with Gasteiger partial charge in [-0.1, -0.05) is 44.2 Å². The molecule has 12 unspecified atom stereocenters. The van der Waals surface area contributed by atoms with Gasteiger partial charge in [0.05, 0.1) is 24.2 Å². The summed E-state index contributed by atoms with van der Waals surface area (Å²) in [6, 6.07) is 0. The molecule has 0 radical (unpaired) electrons. The number of carbonyl (C=O) groups excluding carboxylic acids is 3. The van der Waals surface area contributed by atoms with E-state index >= 15 is 0 Å². The maximum atomic E-state index is 12.6. The van der Waals surface area contributed by atoms with Crippen molar-refractivity contribution in [3.8, 4) is 0 Å². The third kappa shape index (κ3) is 4.00. The number of esters is 1. The summed E-state index contributed by atoms with van der Waals surface area (Å²) in [6.45, 7) is 14.5. The molecule has 9 heteroatoms. The van der Waals surface area contributed by atoms with Gasteiger partial charge < -0.3 is 23.7 Å². The molecule has 0 N–H and O–H groups in total. The Morgan fingerprint density at radius 1 is 1.12 bits per heavy atom. The zero-order valence-corrected chi connectivity index (χ0v) is 27.5. The topological polar surface area (TPSA) is 101 Å². The van der Waals surface area contributed by atoms with Gasteiger partial charge in [-0.05, 0) is 70.3 Å². The fraction of sp³-hybridized carbons (Fsp3) is 0.794. The summed E-state index contributed by atoms with van der Waals surface area (Å²) < 4.78 is 32.5. The Labute approximate surface area is 259 Å². The quantitative estimate of drug-likeness (QED) is 0.292. The molecule has 0 aromatic carbocycles. The Morgan fingerprint density at radius 3 is 2.56 bits per heavy atom. The van der Waals surface area contributed by atoms with E-state index in [4.69, 9.17) is 23.7 Å². The summed E-state index contributed by atoms with van der Waals surface area (Å²) >= 11 is 1.16. The van der Waals surface area contributed by atoms with Crippen molar-refractivity contribution < 1.29 is 38.1 Å². The molecule has 8 nitrogen and oxygen atoms in total. The van der Waals surface area contributed by atoms with Crippen LogP contribution in [0.25, 0.3) is 0 Å². The fourth-order valence-corrected chi connectivity index (χ4v) is 11.0. The Morgan fingerprint density at radius 2 is 1.86 bits per heavy atom. The van der Waals surface area contributed by atoms with Gasteiger partial charge in [0.25, 0.3) is 5.97 Å². The Bertz CT molecular complexity index is 1340. The van der Waals surface area contributed by atoms with Gasteiger partial charge >= 0.3 is 5.97 Å². The van der Waals surface area contributed by atoms with E-state index in [2.05, 4.69) is 33.8 Å². The third-order valence-electron chi connectivity index (χ3n) is 13.2. The number of allylic oxidation sites excluding steroid dienone is 3. The first-order chi connectivity index (χ1) is 20.0. The average Bonchev–Trinajstić information content (AvgIpc) is 3.55. The second-order valence-electron chi connectivity index (χ2n) is 15.5. The van der Waals surface area contributed by atoms with Gasteiger partial charge in [-0.3, -0.25) is 14.4 Å². The number of ketones is 1. The van der Waals surface area contributed by atoms with E-state index in [-0.39, 0.29) is 75.8 Å². The number of ether oxygens (including phenoxy) is 5. The smallest absolute Gasteiger partial charge is 0.302 e. The molecular weight excluding hydrogens is 568 g/mol. The van der Waals surface area contributed by atoms with Gasteiger partial charge in [-0.15, -0.1) is 0 Å². The van der Waals surface area contributed by atoms with Crippen LogP contribution in [0.5, 0.6) is 0 Å². The lowest BCUT2D eigenvalue weighted by atomic mass is 9.46. The van der Waals surface area contributed by atoms with Crippen LogP contribution in [0.3, 0.4) is 0 Å². The van der Waals surface area contributed by atoms with E-state index in [1.54, 1.807) is 18.4 Å². The van der Waals surface area contributed by atoms with Crippen LogP contribution in [0.15, 0.2) is 23.8 Å². The van der Waals surface area contributed by atoms with E-state index < -0.39 is 17.2 Å². The number of thioether (sulfide) groups is 1. The number of rotatable bonds is 5. The van der Waals surface area contributed by atoms with E-state index in [0.717, 1.165) is 36.6 Å². The minimum absolute atomic E-state index is 0.0136. The third-order valence-corrected chi connectivity index (χ3v) is 13.8. The van der Waals surface area contributed by atoms with Crippen molar-refractivity contribution in [1.82, 2.24) is 0 Å². The highest BCUT2D eigenvalue weighted by molar-refractivity contribution is 8.13. The first-order valence-electron chi connectivity index (χ1n) is 16.0. The molecule has 0 amide bonds. The minimum atomic E-state index is -1.40. The standard InChI is InChI=1S/C34H46O8S/c1-18(25-16-32(7)29(3,4)41-33(39-25,42-32)17-27(37)43-8)34-26(40-34)15-23-28-22(10-12-31(23,34)6)30(5)11-9-21(36)13-20(30)14-24(28)38-19(2)35/h9,11,13,18,22-26,28H,10,12,14-17H2,1-8H3. The van der Waals surface area contributed by atoms with Crippen molar-refractivity contribution in [2.45, 2.75) is 128 Å². The molecule has 3 heterocycles. The fourth-order valence-electron chi connectivity index (χ4n) is 10.7. The monoisotopic (exact) mass is 614 g/mol. The van der Waals surface area contributed by atoms with Gasteiger partial charge in [0, 0.05) is 42.4 Å². The van der Waals surface area contributed by atoms with Crippen LogP contribution in [0.4, 0.5) is 0 Å². The largest absolute Gasteiger partial charge is 0.462 e. The number of hydrogen-bond acceptors (Lipinski definition) is 9. The number of fused-ring (bicyclic) bond motifs is 9. The van der Waals surface area contributed by atoms with Gasteiger partial charge in [0.1, 0.15) is 17.3 Å². The number of hydrogen-bond donors (Lipinski definition) is 0. The van der Waals surface area contributed by atoms with Crippen molar-refractivity contribution in [1.29, 1.82) is 0 Å². The summed E-state index contributed by atoms with van der Waals surface area (Å²) in [7, 11) is 0. The lowest BCUT2D eigenvalue weighted by Crippen LogP contribution is -2.60. The highest BCUT2D eigenvalue weighted by Crippen LogP contribution is 2.76. The van der Waals surface area contributed by atoms with Crippen LogP contribution in [0.1, 0.15) is 87.0 Å². The van der Waals surface area contributed by atoms with Crippen LogP contribution in [0, 0.1) is 34.5 Å². The summed E-state index contributed by atoms with van der Waals surface area (Å²) in [5.41, 5.74) is -0.915. The maximum Gasteiger partial charge on any atom is 0.302 e. The normalized spacial score (nSPS) is 51.0. The zero-order chi connectivity index (χ0) is 31.0. The van der Waals surface area contributed by atoms with Crippen molar-refractivity contribution >= 4 is 28.6 Å². The second kappa shape index (κ2) is 9.27. The molecular formula is C34H46O8S. The van der Waals surface area contributed by atoms with Gasteiger partial charge in [0.15, 0.2) is 10.9 Å². The molecule has 7 aliphatic rings. The van der Waals surface area contributed by atoms with Crippen molar-refractivity contribution in [2.24, 2.45) is 34.5 Å². The van der Waals surface area contributed by atoms with Gasteiger partial charge in [-0.2, -0.15) is 0 Å². The molecule has 3 saturated heterocycles. The van der Waals surface area contributed by atoms with Crippen molar-refractivity contribution in [3.63, 3.8) is 0 Å². The number of carbonyl (C=O) groups is 3. The number of epoxide rings is 1. The molecule has 0 aromatic rings. The Balaban J connectivity index is 1.22. The molecule has 7 rings (SSSR count). The highest BCUT2D eigenvalue weighted by atomic mass is 32.2. The summed E-state index contributed by atoms with van der Waals surface area (Å²) in [5, 5.41) is -0.0348. The van der Waals surface area contributed by atoms with Crippen LogP contribution >= 0.6 is 11.8 Å². The Kier molecular flexibility index (Phi) is 6.50. The van der Waals surface area contributed by atoms with Crippen LogP contribution in [0.2, 0.25) is 0 Å². The predicted octanol–water partition coefficient (Wildman–Crippen LogP) is 5.53. The summed E-state index contributed by atoms with van der Waals surface area (Å²) in [4.78, 5) is 37.4. The molecule has 12 atom stereocenters. The van der Waals surface area contributed by atoms with E-state index in [1.165, 1.54) is 6.92 Å². The first kappa shape index (κ1) is 30.2. The lowest BCUT2D eigenvalue weighted by Gasteiger charge is -2.60. The summed E-state index contributed by atoms with van der Waals surface area (Å²) in [5.74, 6) is -0.893. The molecule has 6 fully saturated rings. The lowest BCUT2D eigenvalue weighted by molar-refractivity contribution is -0.393. The molecule has 4 aliphatic carbocycles. The molecule has 43 heavy (non-hydrogen) atoms. The molecule has 236 valence electrons. The predicted molar refractivity (Wildman–Crippen MR) is 160 cm³/mol. The van der Waals surface area contributed by atoms with Crippen LogP contribution in [-0.2, 0) is 38.1 Å². The second-order valence-corrected chi connectivity index (χ2v) is 16.3. The summed E-state index contributed by atoms with van der Waals surface area (Å²) in [6.07, 6.45) is 11.1. The SMILES string of the molecule is CSC(=O)CC12OC(C(C)C34OC3CC3C5C(OC(C)=O)CC6=CC(=O)C=CC6(C)C5CCC34C)CC(C)(O1)C(C)(C)O2. The van der Waals surface area contributed by atoms with Gasteiger partial charge in [-0.25, -0.2) is 0 Å².